The molecule has 0 radical (unpaired) electrons. The second kappa shape index (κ2) is 11.7. The summed E-state index contributed by atoms with van der Waals surface area (Å²) in [5.41, 5.74) is 7.11. The van der Waals surface area contributed by atoms with Crippen molar-refractivity contribution in [1.82, 2.24) is 16.2 Å². The molecule has 1 aromatic carbocycles. The van der Waals surface area contributed by atoms with Gasteiger partial charge in [0.15, 0.2) is 5.11 Å². The number of nitrogens with one attached hydrogen (secondary N) is 4. The first-order valence-electron chi connectivity index (χ1n) is 9.74. The van der Waals surface area contributed by atoms with Gasteiger partial charge >= 0.3 is 0 Å². The highest BCUT2D eigenvalue weighted by molar-refractivity contribution is 7.80. The SMILES string of the molecule is CCN(CC)c1ccc(C(=O)NNC(=S)NCCC[NH+]2CCOCC2)cc1. The number of hydrogen-bond acceptors (Lipinski definition) is 4. The molecule has 1 aromatic rings. The van der Waals surface area contributed by atoms with Crippen molar-refractivity contribution in [2.75, 3.05) is 57.4 Å². The summed E-state index contributed by atoms with van der Waals surface area (Å²) in [6.07, 6.45) is 1.03. The summed E-state index contributed by atoms with van der Waals surface area (Å²) in [4.78, 5) is 16.0. The van der Waals surface area contributed by atoms with E-state index in [4.69, 9.17) is 17.0 Å². The average molecular weight is 395 g/mol. The number of morpholine rings is 1. The molecule has 1 aliphatic heterocycles. The summed E-state index contributed by atoms with van der Waals surface area (Å²) in [6.45, 7) is 11.9. The van der Waals surface area contributed by atoms with Crippen LogP contribution in [-0.2, 0) is 4.74 Å². The lowest BCUT2D eigenvalue weighted by molar-refractivity contribution is -0.908. The van der Waals surface area contributed by atoms with E-state index < -0.39 is 0 Å². The summed E-state index contributed by atoms with van der Waals surface area (Å²) < 4.78 is 5.35. The van der Waals surface area contributed by atoms with E-state index in [9.17, 15) is 4.79 Å². The Hall–Kier alpha value is -1.90. The van der Waals surface area contributed by atoms with Crippen molar-refractivity contribution in [1.29, 1.82) is 0 Å². The third-order valence-corrected chi connectivity index (χ3v) is 4.99. The fourth-order valence-corrected chi connectivity index (χ4v) is 3.25. The van der Waals surface area contributed by atoms with E-state index in [-0.39, 0.29) is 5.91 Å². The van der Waals surface area contributed by atoms with E-state index in [1.807, 2.05) is 24.3 Å². The van der Waals surface area contributed by atoms with Crippen LogP contribution >= 0.6 is 12.2 Å². The highest BCUT2D eigenvalue weighted by Crippen LogP contribution is 2.14. The third kappa shape index (κ3) is 7.32. The number of quaternary nitrogens is 1. The molecule has 0 spiro atoms. The van der Waals surface area contributed by atoms with Gasteiger partial charge in [-0.3, -0.25) is 15.6 Å². The smallest absolute Gasteiger partial charge is 0.269 e. The Bertz CT molecular complexity index is 586. The summed E-state index contributed by atoms with van der Waals surface area (Å²) in [7, 11) is 0. The quantitative estimate of drug-likeness (QED) is 0.282. The summed E-state index contributed by atoms with van der Waals surface area (Å²) in [5.74, 6) is -0.206. The monoisotopic (exact) mass is 394 g/mol. The van der Waals surface area contributed by atoms with E-state index in [0.717, 1.165) is 64.6 Å². The number of amides is 1. The lowest BCUT2D eigenvalue weighted by Gasteiger charge is -2.23. The first-order chi connectivity index (χ1) is 13.1. The zero-order valence-corrected chi connectivity index (χ0v) is 17.2. The van der Waals surface area contributed by atoms with Crippen molar-refractivity contribution in [2.45, 2.75) is 20.3 Å². The molecule has 1 fully saturated rings. The summed E-state index contributed by atoms with van der Waals surface area (Å²) in [6, 6.07) is 7.58. The fraction of sp³-hybridized carbons (Fsp3) is 0.579. The van der Waals surface area contributed by atoms with Gasteiger partial charge in [0, 0.05) is 37.3 Å². The van der Waals surface area contributed by atoms with Crippen LogP contribution in [0.25, 0.3) is 0 Å². The van der Waals surface area contributed by atoms with Crippen LogP contribution in [0.1, 0.15) is 30.6 Å². The van der Waals surface area contributed by atoms with Gasteiger partial charge in [0.1, 0.15) is 13.1 Å². The van der Waals surface area contributed by atoms with Crippen molar-refractivity contribution in [2.24, 2.45) is 0 Å². The second-order valence-electron chi connectivity index (χ2n) is 6.52. The molecular formula is C19H32N5O2S+. The number of hydrazine groups is 1. The van der Waals surface area contributed by atoms with Gasteiger partial charge in [-0.2, -0.15) is 0 Å². The van der Waals surface area contributed by atoms with Crippen molar-refractivity contribution in [3.05, 3.63) is 29.8 Å². The van der Waals surface area contributed by atoms with Crippen LogP contribution in [0.15, 0.2) is 24.3 Å². The Morgan fingerprint density at radius 2 is 1.81 bits per heavy atom. The normalized spacial score (nSPS) is 14.4. The van der Waals surface area contributed by atoms with Crippen LogP contribution in [0.5, 0.6) is 0 Å². The molecule has 2 rings (SSSR count). The van der Waals surface area contributed by atoms with Gasteiger partial charge in [0.2, 0.25) is 0 Å². The van der Waals surface area contributed by atoms with Crippen molar-refractivity contribution >= 4 is 28.9 Å². The molecule has 0 saturated carbocycles. The topological polar surface area (TPSA) is 70.1 Å². The van der Waals surface area contributed by atoms with E-state index in [1.54, 1.807) is 4.90 Å². The van der Waals surface area contributed by atoms with Gasteiger partial charge in [-0.15, -0.1) is 0 Å². The first kappa shape index (κ1) is 21.4. The molecule has 0 atom stereocenters. The number of carbonyl (C=O) groups excluding carboxylic acids is 1. The Balaban J connectivity index is 1.64. The fourth-order valence-electron chi connectivity index (χ4n) is 3.09. The number of benzene rings is 1. The molecule has 8 heteroatoms. The van der Waals surface area contributed by atoms with Gasteiger partial charge < -0.3 is 19.9 Å². The van der Waals surface area contributed by atoms with E-state index in [2.05, 4.69) is 34.9 Å². The summed E-state index contributed by atoms with van der Waals surface area (Å²) in [5, 5.41) is 3.55. The molecule has 1 aliphatic rings. The van der Waals surface area contributed by atoms with Gasteiger partial charge in [0.25, 0.3) is 5.91 Å². The molecule has 150 valence electrons. The van der Waals surface area contributed by atoms with Crippen molar-refractivity contribution in [3.8, 4) is 0 Å². The number of carbonyl (C=O) groups is 1. The molecule has 4 N–H and O–H groups in total. The third-order valence-electron chi connectivity index (χ3n) is 4.74. The maximum atomic E-state index is 12.2. The van der Waals surface area contributed by atoms with Gasteiger partial charge in [-0.25, -0.2) is 0 Å². The van der Waals surface area contributed by atoms with Crippen LogP contribution in [0, 0.1) is 0 Å². The van der Waals surface area contributed by atoms with Crippen LogP contribution in [0.3, 0.4) is 0 Å². The van der Waals surface area contributed by atoms with Crippen LogP contribution in [0.4, 0.5) is 5.69 Å². The van der Waals surface area contributed by atoms with E-state index >= 15 is 0 Å². The lowest BCUT2D eigenvalue weighted by atomic mass is 10.2. The molecule has 7 nitrogen and oxygen atoms in total. The number of hydrogen-bond donors (Lipinski definition) is 4. The first-order valence-corrected chi connectivity index (χ1v) is 10.1. The number of anilines is 1. The largest absolute Gasteiger partial charge is 0.372 e. The minimum Gasteiger partial charge on any atom is -0.372 e. The number of thiocarbonyl (C=S) groups is 1. The highest BCUT2D eigenvalue weighted by Gasteiger charge is 2.12. The molecule has 1 saturated heterocycles. The standard InChI is InChI=1S/C19H31N5O2S/c1-3-24(4-2)17-8-6-16(7-9-17)18(25)21-22-19(27)20-10-5-11-23-12-14-26-15-13-23/h6-9H,3-5,10-15H2,1-2H3,(H,21,25)(H2,20,22,27)/p+1. The van der Waals surface area contributed by atoms with Crippen molar-refractivity contribution in [3.63, 3.8) is 0 Å². The maximum absolute atomic E-state index is 12.2. The second-order valence-corrected chi connectivity index (χ2v) is 6.93. The number of ether oxygens (including phenoxy) is 1. The Kier molecular flexibility index (Phi) is 9.30. The minimum atomic E-state index is -0.206. The molecule has 0 bridgehead atoms. The predicted molar refractivity (Wildman–Crippen MR) is 112 cm³/mol. The summed E-state index contributed by atoms with van der Waals surface area (Å²) >= 11 is 5.21. The number of rotatable bonds is 8. The lowest BCUT2D eigenvalue weighted by Crippen LogP contribution is -3.14. The molecule has 0 aromatic heterocycles. The van der Waals surface area contributed by atoms with Gasteiger partial charge in [-0.05, 0) is 50.3 Å². The minimum absolute atomic E-state index is 0.206. The van der Waals surface area contributed by atoms with Crippen LogP contribution in [0.2, 0.25) is 0 Å². The predicted octanol–water partition coefficient (Wildman–Crippen LogP) is -0.0531. The Morgan fingerprint density at radius 1 is 1.15 bits per heavy atom. The molecule has 27 heavy (non-hydrogen) atoms. The Morgan fingerprint density at radius 3 is 2.44 bits per heavy atom. The molecule has 0 aliphatic carbocycles. The molecular weight excluding hydrogens is 362 g/mol. The van der Waals surface area contributed by atoms with Gasteiger partial charge in [0.05, 0.1) is 19.8 Å². The zero-order chi connectivity index (χ0) is 19.5. The van der Waals surface area contributed by atoms with Crippen molar-refractivity contribution < 1.29 is 14.4 Å². The van der Waals surface area contributed by atoms with E-state index in [1.165, 1.54) is 0 Å². The Labute approximate surface area is 167 Å². The average Bonchev–Trinajstić information content (AvgIpc) is 2.71. The molecule has 1 heterocycles. The van der Waals surface area contributed by atoms with E-state index in [0.29, 0.717) is 10.7 Å². The molecule has 1 amide bonds. The number of nitrogens with zero attached hydrogens (tertiary/aromatic N) is 1. The highest BCUT2D eigenvalue weighted by atomic mass is 32.1. The maximum Gasteiger partial charge on any atom is 0.269 e. The van der Waals surface area contributed by atoms with Gasteiger partial charge in [-0.1, -0.05) is 0 Å². The zero-order valence-electron chi connectivity index (χ0n) is 16.3. The van der Waals surface area contributed by atoms with Crippen LogP contribution < -0.4 is 26.0 Å². The molecule has 0 unspecified atom stereocenters. The van der Waals surface area contributed by atoms with Crippen LogP contribution in [-0.4, -0.2) is 63.5 Å².